The molecule has 0 saturated carbocycles. The molecule has 0 spiro atoms. The van der Waals surface area contributed by atoms with Crippen molar-refractivity contribution in [2.24, 2.45) is 0 Å². The molecule has 2 rings (SSSR count). The summed E-state index contributed by atoms with van der Waals surface area (Å²) >= 11 is 0. The fourth-order valence-electron chi connectivity index (χ4n) is 2.25. The molecule has 0 aliphatic heterocycles. The first kappa shape index (κ1) is 18.4. The molecule has 5 nitrogen and oxygen atoms in total. The highest BCUT2D eigenvalue weighted by molar-refractivity contribution is 5.68. The summed E-state index contributed by atoms with van der Waals surface area (Å²) in [5, 5.41) is 25.3. The lowest BCUT2D eigenvalue weighted by atomic mass is 9.97. The van der Waals surface area contributed by atoms with Crippen LogP contribution in [-0.2, 0) is 17.9 Å². The Balaban J connectivity index is 0.000000816. The summed E-state index contributed by atoms with van der Waals surface area (Å²) in [4.78, 5) is 10.5. The molecule has 0 fully saturated rings. The van der Waals surface area contributed by atoms with Gasteiger partial charge in [0.15, 0.2) is 0 Å². The number of hydrogen-bond donors (Lipinski definition) is 2. The summed E-state index contributed by atoms with van der Waals surface area (Å²) in [6.07, 6.45) is 0. The molecule has 0 radical (unpaired) electrons. The molecular weight excluding hydrogens is 292 g/mol. The van der Waals surface area contributed by atoms with Crippen LogP contribution in [0.25, 0.3) is 11.1 Å². The second-order valence-corrected chi connectivity index (χ2v) is 5.18. The number of nitrogens with zero attached hydrogens (tertiary/aromatic N) is 2. The van der Waals surface area contributed by atoms with E-state index in [-0.39, 0.29) is 13.1 Å². The van der Waals surface area contributed by atoms with Crippen LogP contribution < -0.4 is 0 Å². The van der Waals surface area contributed by atoms with E-state index in [0.29, 0.717) is 5.56 Å². The lowest BCUT2D eigenvalue weighted by Gasteiger charge is -2.13. The Hall–Kier alpha value is -2.68. The normalized spacial score (nSPS) is 9.70. The Kier molecular flexibility index (Phi) is 7.48. The van der Waals surface area contributed by atoms with E-state index in [1.807, 2.05) is 38.4 Å². The molecule has 0 bridgehead atoms. The number of carbonyl (C=O) groups is 1. The number of rotatable bonds is 4. The van der Waals surface area contributed by atoms with E-state index in [2.05, 4.69) is 17.0 Å². The van der Waals surface area contributed by atoms with Gasteiger partial charge in [0.25, 0.3) is 6.47 Å². The number of carboxylic acid groups (broad SMARTS) is 1. The molecule has 0 aromatic heterocycles. The van der Waals surface area contributed by atoms with Crippen LogP contribution in [0.2, 0.25) is 0 Å². The van der Waals surface area contributed by atoms with Gasteiger partial charge in [-0.2, -0.15) is 5.26 Å². The largest absolute Gasteiger partial charge is 0.483 e. The minimum Gasteiger partial charge on any atom is -0.483 e. The number of aliphatic hydroxyl groups is 1. The first-order chi connectivity index (χ1) is 11.0. The first-order valence-corrected chi connectivity index (χ1v) is 7.01. The average Bonchev–Trinajstić information content (AvgIpc) is 2.55. The maximum Gasteiger partial charge on any atom is 0.290 e. The molecule has 0 aliphatic carbocycles. The van der Waals surface area contributed by atoms with Crippen LogP contribution in [0.4, 0.5) is 0 Å². The van der Waals surface area contributed by atoms with Crippen molar-refractivity contribution in [1.29, 1.82) is 5.26 Å². The molecule has 23 heavy (non-hydrogen) atoms. The molecular formula is C18H20N2O3. The number of hydrogen-bond acceptors (Lipinski definition) is 4. The summed E-state index contributed by atoms with van der Waals surface area (Å²) in [5.74, 6) is 0. The molecule has 0 heterocycles. The van der Waals surface area contributed by atoms with Gasteiger partial charge in [-0.25, -0.2) is 0 Å². The number of benzene rings is 2. The van der Waals surface area contributed by atoms with Gasteiger partial charge in [-0.05, 0) is 48.5 Å². The molecule has 0 aliphatic rings. The molecule has 2 N–H and O–H groups in total. The van der Waals surface area contributed by atoms with Gasteiger partial charge in [0.1, 0.15) is 0 Å². The fraction of sp³-hybridized carbons (Fsp3) is 0.222. The average molecular weight is 312 g/mol. The van der Waals surface area contributed by atoms with E-state index < -0.39 is 0 Å². The van der Waals surface area contributed by atoms with Crippen LogP contribution in [-0.4, -0.2) is 35.7 Å². The van der Waals surface area contributed by atoms with Gasteiger partial charge in [-0.15, -0.1) is 0 Å². The van der Waals surface area contributed by atoms with Crippen molar-refractivity contribution in [1.82, 2.24) is 4.90 Å². The van der Waals surface area contributed by atoms with Gasteiger partial charge in [-0.1, -0.05) is 30.3 Å². The summed E-state index contributed by atoms with van der Waals surface area (Å²) in [6, 6.07) is 15.7. The highest BCUT2D eigenvalue weighted by atomic mass is 16.3. The zero-order chi connectivity index (χ0) is 17.2. The molecule has 5 heteroatoms. The van der Waals surface area contributed by atoms with Crippen molar-refractivity contribution in [2.45, 2.75) is 13.2 Å². The maximum atomic E-state index is 9.57. The zero-order valence-electron chi connectivity index (χ0n) is 13.2. The van der Waals surface area contributed by atoms with Gasteiger partial charge < -0.3 is 15.1 Å². The molecule has 0 atom stereocenters. The maximum absolute atomic E-state index is 9.57. The first-order valence-electron chi connectivity index (χ1n) is 7.01. The van der Waals surface area contributed by atoms with Crippen molar-refractivity contribution in [3.8, 4) is 17.2 Å². The quantitative estimate of drug-likeness (QED) is 0.847. The third kappa shape index (κ3) is 5.55. The van der Waals surface area contributed by atoms with E-state index in [1.165, 1.54) is 5.56 Å². The zero-order valence-corrected chi connectivity index (χ0v) is 13.2. The van der Waals surface area contributed by atoms with E-state index >= 15 is 0 Å². The van der Waals surface area contributed by atoms with Crippen LogP contribution >= 0.6 is 0 Å². The highest BCUT2D eigenvalue weighted by Gasteiger charge is 2.06. The molecule has 0 amide bonds. The van der Waals surface area contributed by atoms with Crippen LogP contribution in [0.15, 0.2) is 42.5 Å². The van der Waals surface area contributed by atoms with Gasteiger partial charge in [0, 0.05) is 6.54 Å². The van der Waals surface area contributed by atoms with E-state index in [0.717, 1.165) is 23.2 Å². The van der Waals surface area contributed by atoms with Crippen LogP contribution in [0.3, 0.4) is 0 Å². The SMILES string of the molecule is CN(C)Cc1ccc(-c2ccc(C#N)cc2)c(CO)c1.O=CO. The highest BCUT2D eigenvalue weighted by Crippen LogP contribution is 2.25. The summed E-state index contributed by atoms with van der Waals surface area (Å²) in [6.45, 7) is 0.608. The molecule has 120 valence electrons. The predicted molar refractivity (Wildman–Crippen MR) is 88.6 cm³/mol. The van der Waals surface area contributed by atoms with Crippen molar-refractivity contribution < 1.29 is 15.0 Å². The van der Waals surface area contributed by atoms with Crippen molar-refractivity contribution >= 4 is 6.47 Å². The predicted octanol–water partition coefficient (Wildman–Crippen LogP) is 2.48. The third-order valence-electron chi connectivity index (χ3n) is 3.16. The lowest BCUT2D eigenvalue weighted by molar-refractivity contribution is -0.122. The van der Waals surface area contributed by atoms with E-state index in [1.54, 1.807) is 12.1 Å². The number of nitriles is 1. The topological polar surface area (TPSA) is 84.6 Å². The monoisotopic (exact) mass is 312 g/mol. The molecule has 2 aromatic rings. The Labute approximate surface area is 136 Å². The summed E-state index contributed by atoms with van der Waals surface area (Å²) in [5.41, 5.74) is 4.76. The lowest BCUT2D eigenvalue weighted by Crippen LogP contribution is -2.10. The second kappa shape index (κ2) is 9.36. The standard InChI is InChI=1S/C17H18N2O.CH2O2/c1-19(2)11-14-5-8-17(16(9-14)12-20)15-6-3-13(10-18)4-7-15;2-1-3/h3-9,20H,11-12H2,1-2H3;1H,(H,2,3). The minimum absolute atomic E-state index is 0.0105. The fourth-order valence-corrected chi connectivity index (χ4v) is 2.25. The Morgan fingerprint density at radius 3 is 2.26 bits per heavy atom. The van der Waals surface area contributed by atoms with Crippen molar-refractivity contribution in [3.63, 3.8) is 0 Å². The van der Waals surface area contributed by atoms with Crippen LogP contribution in [0, 0.1) is 11.3 Å². The van der Waals surface area contributed by atoms with Crippen molar-refractivity contribution in [2.75, 3.05) is 14.1 Å². The Morgan fingerprint density at radius 2 is 1.78 bits per heavy atom. The molecule has 0 saturated heterocycles. The van der Waals surface area contributed by atoms with Gasteiger partial charge >= 0.3 is 0 Å². The third-order valence-corrected chi connectivity index (χ3v) is 3.16. The number of aliphatic hydroxyl groups excluding tert-OH is 1. The summed E-state index contributed by atoms with van der Waals surface area (Å²) in [7, 11) is 4.04. The van der Waals surface area contributed by atoms with E-state index in [9.17, 15) is 5.11 Å². The Bertz CT molecular complexity index is 674. The smallest absolute Gasteiger partial charge is 0.290 e. The van der Waals surface area contributed by atoms with Gasteiger partial charge in [0.2, 0.25) is 0 Å². The van der Waals surface area contributed by atoms with Crippen LogP contribution in [0.5, 0.6) is 0 Å². The van der Waals surface area contributed by atoms with Crippen LogP contribution in [0.1, 0.15) is 16.7 Å². The minimum atomic E-state index is -0.250. The van der Waals surface area contributed by atoms with Crippen molar-refractivity contribution in [3.05, 3.63) is 59.2 Å². The van der Waals surface area contributed by atoms with Gasteiger partial charge in [-0.3, -0.25) is 4.79 Å². The molecule has 0 unspecified atom stereocenters. The molecule has 2 aromatic carbocycles. The van der Waals surface area contributed by atoms with Gasteiger partial charge in [0.05, 0.1) is 18.2 Å². The Morgan fingerprint density at radius 1 is 1.17 bits per heavy atom. The second-order valence-electron chi connectivity index (χ2n) is 5.18. The van der Waals surface area contributed by atoms with E-state index in [4.69, 9.17) is 15.2 Å². The summed E-state index contributed by atoms with van der Waals surface area (Å²) < 4.78 is 0.